The highest BCUT2D eigenvalue weighted by atomic mass is 16.5. The summed E-state index contributed by atoms with van der Waals surface area (Å²) in [7, 11) is 1.66. The lowest BCUT2D eigenvalue weighted by atomic mass is 10.1. The van der Waals surface area contributed by atoms with Crippen LogP contribution in [0.3, 0.4) is 0 Å². The maximum absolute atomic E-state index is 11.6. The lowest BCUT2D eigenvalue weighted by Crippen LogP contribution is -2.15. The van der Waals surface area contributed by atoms with Gasteiger partial charge in [-0.15, -0.1) is 10.2 Å². The number of carbonyl (C=O) groups is 1. The molecule has 1 heterocycles. The van der Waals surface area contributed by atoms with Crippen molar-refractivity contribution in [1.29, 1.82) is 0 Å². The van der Waals surface area contributed by atoms with Crippen LogP contribution in [0.25, 0.3) is 0 Å². The van der Waals surface area contributed by atoms with Gasteiger partial charge in [-0.25, -0.2) is 0 Å². The Morgan fingerprint density at radius 2 is 2.00 bits per heavy atom. The molecular formula is C17H20N4O2. The van der Waals surface area contributed by atoms with Crippen molar-refractivity contribution in [2.75, 3.05) is 24.3 Å². The van der Waals surface area contributed by atoms with E-state index in [4.69, 9.17) is 4.74 Å². The van der Waals surface area contributed by atoms with Gasteiger partial charge in [-0.1, -0.05) is 12.1 Å². The molecule has 23 heavy (non-hydrogen) atoms. The number of carbonyl (C=O) groups excluding carboxylic acids is 1. The zero-order valence-electron chi connectivity index (χ0n) is 13.1. The lowest BCUT2D eigenvalue weighted by Gasteiger charge is -2.07. The van der Waals surface area contributed by atoms with Crippen molar-refractivity contribution in [3.63, 3.8) is 0 Å². The highest BCUT2D eigenvalue weighted by molar-refractivity contribution is 5.93. The van der Waals surface area contributed by atoms with Crippen molar-refractivity contribution in [3.8, 4) is 5.75 Å². The minimum atomic E-state index is 0.0398. The molecule has 0 bridgehead atoms. The van der Waals surface area contributed by atoms with Gasteiger partial charge in [-0.3, -0.25) is 4.79 Å². The van der Waals surface area contributed by atoms with E-state index in [0.717, 1.165) is 31.6 Å². The highest BCUT2D eigenvalue weighted by Gasteiger charge is 2.29. The Hall–Kier alpha value is -2.63. The van der Waals surface area contributed by atoms with Crippen LogP contribution < -0.4 is 15.4 Å². The second-order valence-corrected chi connectivity index (χ2v) is 5.60. The molecule has 1 aliphatic rings. The maximum atomic E-state index is 11.6. The van der Waals surface area contributed by atoms with Crippen molar-refractivity contribution in [3.05, 3.63) is 42.0 Å². The van der Waals surface area contributed by atoms with Crippen LogP contribution in [-0.4, -0.2) is 29.8 Å². The van der Waals surface area contributed by atoms with E-state index < -0.39 is 0 Å². The molecule has 0 aliphatic heterocycles. The number of hydrogen-bond acceptors (Lipinski definition) is 5. The standard InChI is InChI=1S/C17H20N4O2/c1-23-14-4-2-3-12(11-14)9-10-18-15-7-8-16(21-20-15)19-17(22)13-5-6-13/h2-4,7-8,11,13H,5-6,9-10H2,1H3,(H,18,20)(H,19,21,22). The maximum Gasteiger partial charge on any atom is 0.228 e. The zero-order chi connectivity index (χ0) is 16.1. The van der Waals surface area contributed by atoms with E-state index in [-0.39, 0.29) is 11.8 Å². The number of anilines is 2. The SMILES string of the molecule is COc1cccc(CCNc2ccc(NC(=O)C3CC3)nn2)c1. The van der Waals surface area contributed by atoms with Crippen molar-refractivity contribution in [2.45, 2.75) is 19.3 Å². The fourth-order valence-corrected chi connectivity index (χ4v) is 2.23. The largest absolute Gasteiger partial charge is 0.497 e. The Balaban J connectivity index is 1.47. The average molecular weight is 312 g/mol. The van der Waals surface area contributed by atoms with E-state index in [1.165, 1.54) is 5.56 Å². The zero-order valence-corrected chi connectivity index (χ0v) is 13.1. The number of nitrogens with one attached hydrogen (secondary N) is 2. The summed E-state index contributed by atoms with van der Waals surface area (Å²) in [4.78, 5) is 11.6. The third-order valence-corrected chi connectivity index (χ3v) is 3.72. The minimum Gasteiger partial charge on any atom is -0.497 e. The molecule has 6 nitrogen and oxygen atoms in total. The van der Waals surface area contributed by atoms with E-state index in [2.05, 4.69) is 26.9 Å². The normalized spacial score (nSPS) is 13.4. The Morgan fingerprint density at radius 3 is 2.70 bits per heavy atom. The second kappa shape index (κ2) is 7.09. The first-order valence-electron chi connectivity index (χ1n) is 7.76. The van der Waals surface area contributed by atoms with Crippen molar-refractivity contribution in [2.24, 2.45) is 5.92 Å². The highest BCUT2D eigenvalue weighted by Crippen LogP contribution is 2.29. The van der Waals surface area contributed by atoms with Crippen LogP contribution in [0.15, 0.2) is 36.4 Å². The summed E-state index contributed by atoms with van der Waals surface area (Å²) in [6, 6.07) is 11.6. The third-order valence-electron chi connectivity index (χ3n) is 3.72. The van der Waals surface area contributed by atoms with Gasteiger partial charge in [0.1, 0.15) is 11.6 Å². The summed E-state index contributed by atoms with van der Waals surface area (Å²) in [6.07, 6.45) is 2.81. The van der Waals surface area contributed by atoms with E-state index in [1.54, 1.807) is 13.2 Å². The fourth-order valence-electron chi connectivity index (χ4n) is 2.23. The molecular weight excluding hydrogens is 292 g/mol. The summed E-state index contributed by atoms with van der Waals surface area (Å²) in [6.45, 7) is 0.746. The summed E-state index contributed by atoms with van der Waals surface area (Å²) in [5.41, 5.74) is 1.19. The molecule has 3 rings (SSSR count). The molecule has 1 fully saturated rings. The Kier molecular flexibility index (Phi) is 4.71. The summed E-state index contributed by atoms with van der Waals surface area (Å²) < 4.78 is 5.21. The van der Waals surface area contributed by atoms with Gasteiger partial charge >= 0.3 is 0 Å². The van der Waals surface area contributed by atoms with Gasteiger partial charge in [0.15, 0.2) is 5.82 Å². The number of ether oxygens (including phenoxy) is 1. The quantitative estimate of drug-likeness (QED) is 0.821. The lowest BCUT2D eigenvalue weighted by molar-refractivity contribution is -0.117. The van der Waals surface area contributed by atoms with Gasteiger partial charge in [0.25, 0.3) is 0 Å². The molecule has 1 saturated carbocycles. The van der Waals surface area contributed by atoms with E-state index >= 15 is 0 Å². The van der Waals surface area contributed by atoms with Gasteiger partial charge in [-0.05, 0) is 49.1 Å². The molecule has 0 saturated heterocycles. The first-order chi connectivity index (χ1) is 11.2. The van der Waals surface area contributed by atoms with Crippen LogP contribution in [0, 0.1) is 5.92 Å². The molecule has 1 aliphatic carbocycles. The van der Waals surface area contributed by atoms with E-state index in [1.807, 2.05) is 24.3 Å². The molecule has 0 unspecified atom stereocenters. The fraction of sp³-hybridized carbons (Fsp3) is 0.353. The molecule has 0 spiro atoms. The first-order valence-corrected chi connectivity index (χ1v) is 7.76. The summed E-state index contributed by atoms with van der Waals surface area (Å²) >= 11 is 0. The first kappa shape index (κ1) is 15.3. The number of methoxy groups -OCH3 is 1. The van der Waals surface area contributed by atoms with Crippen molar-refractivity contribution in [1.82, 2.24) is 10.2 Å². The van der Waals surface area contributed by atoms with Gasteiger partial charge in [0.2, 0.25) is 5.91 Å². The molecule has 0 atom stereocenters. The molecule has 1 amide bonds. The van der Waals surface area contributed by atoms with Crippen LogP contribution in [-0.2, 0) is 11.2 Å². The molecule has 2 aromatic rings. The second-order valence-electron chi connectivity index (χ2n) is 5.60. The van der Waals surface area contributed by atoms with Crippen LogP contribution in [0.4, 0.5) is 11.6 Å². The number of rotatable bonds is 7. The molecule has 6 heteroatoms. The third kappa shape index (κ3) is 4.42. The molecule has 0 radical (unpaired) electrons. The smallest absolute Gasteiger partial charge is 0.228 e. The van der Waals surface area contributed by atoms with Gasteiger partial charge in [0.05, 0.1) is 7.11 Å². The van der Waals surface area contributed by atoms with Gasteiger partial charge < -0.3 is 15.4 Å². The van der Waals surface area contributed by atoms with Crippen molar-refractivity contribution < 1.29 is 9.53 Å². The molecule has 1 aromatic carbocycles. The van der Waals surface area contributed by atoms with E-state index in [0.29, 0.717) is 11.6 Å². The predicted octanol–water partition coefficient (Wildman–Crippen LogP) is 2.49. The van der Waals surface area contributed by atoms with E-state index in [9.17, 15) is 4.79 Å². The Bertz CT molecular complexity index is 669. The number of nitrogens with zero attached hydrogens (tertiary/aromatic N) is 2. The van der Waals surface area contributed by atoms with Crippen LogP contribution in [0.2, 0.25) is 0 Å². The number of benzene rings is 1. The summed E-state index contributed by atoms with van der Waals surface area (Å²) in [5.74, 6) is 2.26. The van der Waals surface area contributed by atoms with Gasteiger partial charge in [-0.2, -0.15) is 0 Å². The minimum absolute atomic E-state index is 0.0398. The number of amides is 1. The summed E-state index contributed by atoms with van der Waals surface area (Å²) in [5, 5.41) is 14.1. The molecule has 1 aromatic heterocycles. The molecule has 120 valence electrons. The van der Waals surface area contributed by atoms with Crippen molar-refractivity contribution >= 4 is 17.5 Å². The van der Waals surface area contributed by atoms with Crippen LogP contribution in [0.5, 0.6) is 5.75 Å². The predicted molar refractivity (Wildman–Crippen MR) is 88.6 cm³/mol. The van der Waals surface area contributed by atoms with Crippen LogP contribution in [0.1, 0.15) is 18.4 Å². The topological polar surface area (TPSA) is 76.1 Å². The monoisotopic (exact) mass is 312 g/mol. The average Bonchev–Trinajstić information content (AvgIpc) is 3.42. The van der Waals surface area contributed by atoms with Gasteiger partial charge in [0, 0.05) is 12.5 Å². The Morgan fingerprint density at radius 1 is 1.22 bits per heavy atom. The van der Waals surface area contributed by atoms with Crippen LogP contribution >= 0.6 is 0 Å². The number of aromatic nitrogens is 2. The Labute approximate surface area is 135 Å². The number of hydrogen-bond donors (Lipinski definition) is 2. The molecule has 2 N–H and O–H groups in total.